The van der Waals surface area contributed by atoms with Crippen molar-refractivity contribution >= 4 is 22.6 Å². The number of hydrogen-bond donors (Lipinski definition) is 3. The maximum Gasteiger partial charge on any atom is 0.246 e. The smallest absolute Gasteiger partial charge is 0.246 e. The van der Waals surface area contributed by atoms with Crippen molar-refractivity contribution in [1.82, 2.24) is 10.8 Å². The molecule has 0 aliphatic heterocycles. The average Bonchev–Trinajstić information content (AvgIpc) is 2.64. The molecule has 2 amide bonds. The molecular formula is C20H26N2O3. The Kier molecular flexibility index (Phi) is 6.95. The Morgan fingerprint density at radius 1 is 1.12 bits per heavy atom. The first-order chi connectivity index (χ1) is 12.1. The van der Waals surface area contributed by atoms with E-state index in [0.717, 1.165) is 29.2 Å². The number of amides is 2. The maximum atomic E-state index is 12.4. The van der Waals surface area contributed by atoms with Gasteiger partial charge in [0.05, 0.1) is 6.42 Å². The van der Waals surface area contributed by atoms with Crippen molar-refractivity contribution in [1.29, 1.82) is 0 Å². The number of carbonyl (C=O) groups excluding carboxylic acids is 2. The Bertz CT molecular complexity index is 724. The van der Waals surface area contributed by atoms with Crippen LogP contribution in [-0.2, 0) is 16.0 Å². The van der Waals surface area contributed by atoms with E-state index in [9.17, 15) is 9.59 Å². The lowest BCUT2D eigenvalue weighted by atomic mass is 9.89. The average molecular weight is 342 g/mol. The summed E-state index contributed by atoms with van der Waals surface area (Å²) in [7, 11) is 0. The molecule has 0 fully saturated rings. The third-order valence-corrected chi connectivity index (χ3v) is 4.68. The summed E-state index contributed by atoms with van der Waals surface area (Å²) in [5.74, 6) is -0.841. The quantitative estimate of drug-likeness (QED) is 0.510. The molecule has 2 aromatic rings. The summed E-state index contributed by atoms with van der Waals surface area (Å²) >= 11 is 0. The highest BCUT2D eigenvalue weighted by atomic mass is 16.5. The Morgan fingerprint density at radius 2 is 1.84 bits per heavy atom. The van der Waals surface area contributed by atoms with Gasteiger partial charge in [-0.25, -0.2) is 5.48 Å². The molecule has 0 aliphatic carbocycles. The predicted molar refractivity (Wildman–Crippen MR) is 98.2 cm³/mol. The van der Waals surface area contributed by atoms with E-state index < -0.39 is 5.91 Å². The van der Waals surface area contributed by atoms with Crippen LogP contribution >= 0.6 is 0 Å². The Morgan fingerprint density at radius 3 is 2.56 bits per heavy atom. The molecule has 2 aromatic carbocycles. The van der Waals surface area contributed by atoms with Crippen LogP contribution in [0.15, 0.2) is 42.5 Å². The minimum atomic E-state index is -0.415. The second kappa shape index (κ2) is 9.18. The molecule has 5 heteroatoms. The second-order valence-electron chi connectivity index (χ2n) is 6.43. The van der Waals surface area contributed by atoms with E-state index in [1.54, 1.807) is 12.4 Å². The minimum absolute atomic E-state index is 0.00591. The van der Waals surface area contributed by atoms with Gasteiger partial charge in [-0.1, -0.05) is 62.7 Å². The first kappa shape index (κ1) is 18.9. The van der Waals surface area contributed by atoms with Gasteiger partial charge in [-0.3, -0.25) is 14.8 Å². The Labute approximate surface area is 148 Å². The van der Waals surface area contributed by atoms with Gasteiger partial charge in [0.25, 0.3) is 0 Å². The first-order valence-electron chi connectivity index (χ1n) is 8.74. The molecule has 0 aromatic heterocycles. The van der Waals surface area contributed by atoms with Crippen LogP contribution in [0.5, 0.6) is 0 Å². The molecule has 2 unspecified atom stereocenters. The van der Waals surface area contributed by atoms with Crippen molar-refractivity contribution in [3.05, 3.63) is 48.0 Å². The molecular weight excluding hydrogens is 316 g/mol. The summed E-state index contributed by atoms with van der Waals surface area (Å²) in [5.41, 5.74) is 2.69. The fourth-order valence-electron chi connectivity index (χ4n) is 3.14. The monoisotopic (exact) mass is 342 g/mol. The van der Waals surface area contributed by atoms with E-state index in [-0.39, 0.29) is 17.7 Å². The zero-order valence-corrected chi connectivity index (χ0v) is 14.8. The van der Waals surface area contributed by atoms with Gasteiger partial charge in [0.2, 0.25) is 11.8 Å². The van der Waals surface area contributed by atoms with Gasteiger partial charge in [-0.2, -0.15) is 0 Å². The lowest BCUT2D eigenvalue weighted by molar-refractivity contribution is -0.135. The van der Waals surface area contributed by atoms with Crippen molar-refractivity contribution in [3.8, 4) is 0 Å². The van der Waals surface area contributed by atoms with Gasteiger partial charge < -0.3 is 5.32 Å². The molecule has 0 spiro atoms. The molecule has 134 valence electrons. The highest BCUT2D eigenvalue weighted by Gasteiger charge is 2.23. The molecule has 0 saturated heterocycles. The van der Waals surface area contributed by atoms with E-state index in [2.05, 4.69) is 5.32 Å². The van der Waals surface area contributed by atoms with Crippen LogP contribution in [0.1, 0.15) is 32.3 Å². The molecule has 5 nitrogen and oxygen atoms in total. The number of benzene rings is 2. The fraction of sp³-hybridized carbons (Fsp3) is 0.400. The van der Waals surface area contributed by atoms with E-state index in [0.29, 0.717) is 13.0 Å². The lowest BCUT2D eigenvalue weighted by Gasteiger charge is -2.22. The summed E-state index contributed by atoms with van der Waals surface area (Å²) in [6, 6.07) is 14.0. The summed E-state index contributed by atoms with van der Waals surface area (Å²) in [6.45, 7) is 4.23. The molecule has 25 heavy (non-hydrogen) atoms. The van der Waals surface area contributed by atoms with Crippen LogP contribution in [0.2, 0.25) is 0 Å². The third kappa shape index (κ3) is 5.03. The lowest BCUT2D eigenvalue weighted by Crippen LogP contribution is -2.38. The SMILES string of the molecule is CCCC(CNC(=O)Cc1cccc2ccccc12)C(C)C(=O)NO. The van der Waals surface area contributed by atoms with Crippen LogP contribution in [0, 0.1) is 11.8 Å². The molecule has 2 rings (SSSR count). The highest BCUT2D eigenvalue weighted by molar-refractivity contribution is 5.90. The summed E-state index contributed by atoms with van der Waals surface area (Å²) in [5, 5.41) is 13.9. The zero-order valence-electron chi connectivity index (χ0n) is 14.8. The van der Waals surface area contributed by atoms with Gasteiger partial charge in [0, 0.05) is 12.5 Å². The van der Waals surface area contributed by atoms with Gasteiger partial charge in [0.1, 0.15) is 0 Å². The van der Waals surface area contributed by atoms with Gasteiger partial charge in [-0.05, 0) is 28.7 Å². The largest absolute Gasteiger partial charge is 0.356 e. The van der Waals surface area contributed by atoms with E-state index in [4.69, 9.17) is 5.21 Å². The first-order valence-corrected chi connectivity index (χ1v) is 8.74. The van der Waals surface area contributed by atoms with Crippen molar-refractivity contribution in [2.24, 2.45) is 11.8 Å². The predicted octanol–water partition coefficient (Wildman–Crippen LogP) is 3.06. The van der Waals surface area contributed by atoms with Crippen molar-refractivity contribution in [3.63, 3.8) is 0 Å². The van der Waals surface area contributed by atoms with Crippen molar-refractivity contribution in [2.75, 3.05) is 6.54 Å². The standard InChI is InChI=1S/C20H26N2O3/c1-3-7-17(14(2)20(24)22-25)13-21-19(23)12-16-10-6-9-15-8-4-5-11-18(15)16/h4-6,8-11,14,17,25H,3,7,12-13H2,1-2H3,(H,21,23)(H,22,24). The third-order valence-electron chi connectivity index (χ3n) is 4.68. The van der Waals surface area contributed by atoms with Crippen LogP contribution < -0.4 is 10.8 Å². The number of hydroxylamine groups is 1. The van der Waals surface area contributed by atoms with Gasteiger partial charge >= 0.3 is 0 Å². The molecule has 0 heterocycles. The van der Waals surface area contributed by atoms with E-state index in [1.807, 2.05) is 49.4 Å². The summed E-state index contributed by atoms with van der Waals surface area (Å²) < 4.78 is 0. The Balaban J connectivity index is 2.00. The van der Waals surface area contributed by atoms with Gasteiger partial charge in [0.15, 0.2) is 0 Å². The van der Waals surface area contributed by atoms with Crippen LogP contribution in [0.3, 0.4) is 0 Å². The van der Waals surface area contributed by atoms with Gasteiger partial charge in [-0.15, -0.1) is 0 Å². The molecule has 2 atom stereocenters. The molecule has 0 saturated carbocycles. The van der Waals surface area contributed by atoms with Crippen LogP contribution in [-0.4, -0.2) is 23.6 Å². The zero-order chi connectivity index (χ0) is 18.2. The number of rotatable bonds is 8. The number of nitrogens with one attached hydrogen (secondary N) is 2. The van der Waals surface area contributed by atoms with Crippen molar-refractivity contribution in [2.45, 2.75) is 33.1 Å². The fourth-order valence-corrected chi connectivity index (χ4v) is 3.14. The Hall–Kier alpha value is -2.40. The minimum Gasteiger partial charge on any atom is -0.356 e. The maximum absolute atomic E-state index is 12.4. The number of fused-ring (bicyclic) bond motifs is 1. The van der Waals surface area contributed by atoms with E-state index in [1.165, 1.54) is 0 Å². The summed E-state index contributed by atoms with van der Waals surface area (Å²) in [4.78, 5) is 24.0. The molecule has 0 bridgehead atoms. The molecule has 0 radical (unpaired) electrons. The number of hydrogen-bond acceptors (Lipinski definition) is 3. The van der Waals surface area contributed by atoms with Crippen LogP contribution in [0.25, 0.3) is 10.8 Å². The second-order valence-corrected chi connectivity index (χ2v) is 6.43. The van der Waals surface area contributed by atoms with Crippen LogP contribution in [0.4, 0.5) is 0 Å². The van der Waals surface area contributed by atoms with Crippen molar-refractivity contribution < 1.29 is 14.8 Å². The number of carbonyl (C=O) groups is 2. The highest BCUT2D eigenvalue weighted by Crippen LogP contribution is 2.20. The topological polar surface area (TPSA) is 78.4 Å². The molecule has 0 aliphatic rings. The summed E-state index contributed by atoms with van der Waals surface area (Å²) in [6.07, 6.45) is 2.02. The van der Waals surface area contributed by atoms with E-state index >= 15 is 0 Å². The molecule has 3 N–H and O–H groups in total. The normalized spacial score (nSPS) is 13.2.